The number of carbonyl (C=O) groups is 1. The zero-order valence-corrected chi connectivity index (χ0v) is 18.6. The molecule has 8 heteroatoms. The SMILES string of the molecule is Cc1ccc(C(C)NC(=O)CCCN(c2ccc3c(c2)OCO3)S(C)(=O)=O)c(C)c1. The third-order valence-corrected chi connectivity index (χ3v) is 6.27. The van der Waals surface area contributed by atoms with Crippen molar-refractivity contribution in [3.8, 4) is 11.5 Å². The van der Waals surface area contributed by atoms with E-state index in [1.807, 2.05) is 32.9 Å². The van der Waals surface area contributed by atoms with Crippen LogP contribution >= 0.6 is 0 Å². The summed E-state index contributed by atoms with van der Waals surface area (Å²) in [6, 6.07) is 11.0. The molecule has 1 aliphatic heterocycles. The van der Waals surface area contributed by atoms with Crippen molar-refractivity contribution in [2.24, 2.45) is 0 Å². The van der Waals surface area contributed by atoms with Crippen molar-refractivity contribution in [1.82, 2.24) is 5.32 Å². The molecule has 7 nitrogen and oxygen atoms in total. The molecule has 1 atom stereocenters. The number of carbonyl (C=O) groups excluding carboxylic acids is 1. The summed E-state index contributed by atoms with van der Waals surface area (Å²) in [5.41, 5.74) is 3.88. The van der Waals surface area contributed by atoms with Gasteiger partial charge in [0.05, 0.1) is 18.0 Å². The first-order valence-electron chi connectivity index (χ1n) is 9.89. The number of fused-ring (bicyclic) bond motifs is 1. The number of sulfonamides is 1. The van der Waals surface area contributed by atoms with Crippen LogP contribution in [0.5, 0.6) is 11.5 Å². The minimum absolute atomic E-state index is 0.110. The zero-order valence-electron chi connectivity index (χ0n) is 17.8. The monoisotopic (exact) mass is 432 g/mol. The standard InChI is InChI=1S/C22H28N2O5S/c1-15-7-9-19(16(2)12-15)17(3)23-22(25)6-5-11-24(30(4,26)27)18-8-10-20-21(13-18)29-14-28-20/h7-10,12-13,17H,5-6,11,14H2,1-4H3,(H,23,25). The Hall–Kier alpha value is -2.74. The number of ether oxygens (including phenoxy) is 2. The number of amides is 1. The zero-order chi connectivity index (χ0) is 21.9. The van der Waals surface area contributed by atoms with Gasteiger partial charge in [-0.05, 0) is 50.5 Å². The Morgan fingerprint density at radius 3 is 2.57 bits per heavy atom. The maximum Gasteiger partial charge on any atom is 0.232 e. The highest BCUT2D eigenvalue weighted by molar-refractivity contribution is 7.92. The van der Waals surface area contributed by atoms with Gasteiger partial charge in [-0.1, -0.05) is 23.8 Å². The molecule has 0 aromatic heterocycles. The molecule has 30 heavy (non-hydrogen) atoms. The Morgan fingerprint density at radius 2 is 1.87 bits per heavy atom. The first-order chi connectivity index (χ1) is 14.1. The second-order valence-electron chi connectivity index (χ2n) is 7.63. The average molecular weight is 433 g/mol. The minimum Gasteiger partial charge on any atom is -0.454 e. The summed E-state index contributed by atoms with van der Waals surface area (Å²) in [7, 11) is -3.50. The van der Waals surface area contributed by atoms with Crippen molar-refractivity contribution in [2.75, 3.05) is 23.9 Å². The highest BCUT2D eigenvalue weighted by Crippen LogP contribution is 2.36. The number of anilines is 1. The Labute approximate surface area is 178 Å². The molecule has 0 saturated carbocycles. The molecule has 2 aromatic rings. The van der Waals surface area contributed by atoms with Gasteiger partial charge >= 0.3 is 0 Å². The average Bonchev–Trinajstić information content (AvgIpc) is 3.11. The van der Waals surface area contributed by atoms with Crippen LogP contribution in [0, 0.1) is 13.8 Å². The molecule has 1 heterocycles. The van der Waals surface area contributed by atoms with E-state index in [1.54, 1.807) is 18.2 Å². The van der Waals surface area contributed by atoms with Gasteiger partial charge in [0.25, 0.3) is 0 Å². The first-order valence-corrected chi connectivity index (χ1v) is 11.7. The van der Waals surface area contributed by atoms with E-state index in [-0.39, 0.29) is 31.7 Å². The van der Waals surface area contributed by atoms with Gasteiger partial charge in [0, 0.05) is 19.0 Å². The summed E-state index contributed by atoms with van der Waals surface area (Å²) in [6.45, 7) is 6.33. The highest BCUT2D eigenvalue weighted by Gasteiger charge is 2.22. The lowest BCUT2D eigenvalue weighted by atomic mass is 10.00. The van der Waals surface area contributed by atoms with Crippen LogP contribution in [0.2, 0.25) is 0 Å². The summed E-state index contributed by atoms with van der Waals surface area (Å²) >= 11 is 0. The lowest BCUT2D eigenvalue weighted by Gasteiger charge is -2.23. The number of benzene rings is 2. The molecule has 0 saturated heterocycles. The third-order valence-electron chi connectivity index (χ3n) is 5.08. The van der Waals surface area contributed by atoms with E-state index in [1.165, 1.54) is 9.87 Å². The minimum atomic E-state index is -3.50. The van der Waals surface area contributed by atoms with E-state index in [4.69, 9.17) is 9.47 Å². The Balaban J connectivity index is 1.59. The Kier molecular flexibility index (Phi) is 6.55. The molecule has 1 amide bonds. The largest absolute Gasteiger partial charge is 0.454 e. The van der Waals surface area contributed by atoms with Crippen LogP contribution in [-0.2, 0) is 14.8 Å². The van der Waals surface area contributed by atoms with E-state index in [9.17, 15) is 13.2 Å². The smallest absolute Gasteiger partial charge is 0.232 e. The molecule has 0 aliphatic carbocycles. The van der Waals surface area contributed by atoms with Crippen molar-refractivity contribution in [2.45, 2.75) is 39.7 Å². The van der Waals surface area contributed by atoms with E-state index < -0.39 is 10.0 Å². The molecular weight excluding hydrogens is 404 g/mol. The van der Waals surface area contributed by atoms with Crippen molar-refractivity contribution < 1.29 is 22.7 Å². The number of nitrogens with one attached hydrogen (secondary N) is 1. The molecule has 0 radical (unpaired) electrons. The molecule has 3 rings (SSSR count). The van der Waals surface area contributed by atoms with Crippen LogP contribution < -0.4 is 19.1 Å². The maximum atomic E-state index is 12.4. The molecule has 162 valence electrons. The number of nitrogens with zero attached hydrogens (tertiary/aromatic N) is 1. The highest BCUT2D eigenvalue weighted by atomic mass is 32.2. The van der Waals surface area contributed by atoms with Crippen molar-refractivity contribution in [1.29, 1.82) is 0 Å². The molecule has 0 bridgehead atoms. The Bertz CT molecular complexity index is 1040. The molecule has 1 N–H and O–H groups in total. The van der Waals surface area contributed by atoms with E-state index >= 15 is 0 Å². The lowest BCUT2D eigenvalue weighted by Crippen LogP contribution is -2.32. The van der Waals surface area contributed by atoms with Crippen LogP contribution in [-0.4, -0.2) is 33.9 Å². The van der Waals surface area contributed by atoms with E-state index in [0.29, 0.717) is 23.6 Å². The maximum absolute atomic E-state index is 12.4. The predicted octanol–water partition coefficient (Wildman–Crippen LogP) is 3.46. The molecule has 1 unspecified atom stereocenters. The number of hydrogen-bond acceptors (Lipinski definition) is 5. The van der Waals surface area contributed by atoms with Crippen molar-refractivity contribution in [3.05, 3.63) is 53.1 Å². The molecule has 0 spiro atoms. The predicted molar refractivity (Wildman–Crippen MR) is 116 cm³/mol. The van der Waals surface area contributed by atoms with Gasteiger partial charge in [-0.15, -0.1) is 0 Å². The van der Waals surface area contributed by atoms with Crippen LogP contribution in [0.3, 0.4) is 0 Å². The quantitative estimate of drug-likeness (QED) is 0.691. The van der Waals surface area contributed by atoms with Gasteiger partial charge in [0.1, 0.15) is 0 Å². The van der Waals surface area contributed by atoms with Crippen LogP contribution in [0.15, 0.2) is 36.4 Å². The van der Waals surface area contributed by atoms with Gasteiger partial charge < -0.3 is 14.8 Å². The summed E-state index contributed by atoms with van der Waals surface area (Å²) in [4.78, 5) is 12.4. The lowest BCUT2D eigenvalue weighted by molar-refractivity contribution is -0.121. The summed E-state index contributed by atoms with van der Waals surface area (Å²) < 4.78 is 36.5. The molecule has 1 aliphatic rings. The van der Waals surface area contributed by atoms with Gasteiger partial charge in [-0.2, -0.15) is 0 Å². The first kappa shape index (κ1) is 22.0. The van der Waals surface area contributed by atoms with E-state index in [0.717, 1.165) is 17.4 Å². The number of aryl methyl sites for hydroxylation is 2. The fourth-order valence-electron chi connectivity index (χ4n) is 3.61. The number of hydrogen-bond donors (Lipinski definition) is 1. The van der Waals surface area contributed by atoms with Crippen molar-refractivity contribution in [3.63, 3.8) is 0 Å². The number of rotatable bonds is 8. The summed E-state index contributed by atoms with van der Waals surface area (Å²) in [5.74, 6) is 0.995. The van der Waals surface area contributed by atoms with Crippen LogP contribution in [0.1, 0.15) is 42.5 Å². The Morgan fingerprint density at radius 1 is 1.13 bits per heavy atom. The van der Waals surface area contributed by atoms with Crippen molar-refractivity contribution >= 4 is 21.6 Å². The van der Waals surface area contributed by atoms with Gasteiger partial charge in [0.15, 0.2) is 11.5 Å². The molecule has 2 aromatic carbocycles. The second-order valence-corrected chi connectivity index (χ2v) is 9.53. The molecular formula is C22H28N2O5S. The molecule has 0 fully saturated rings. The summed E-state index contributed by atoms with van der Waals surface area (Å²) in [6.07, 6.45) is 1.78. The summed E-state index contributed by atoms with van der Waals surface area (Å²) in [5, 5.41) is 3.00. The van der Waals surface area contributed by atoms with Gasteiger partial charge in [0.2, 0.25) is 22.7 Å². The normalized spacial score (nSPS) is 13.7. The fraction of sp³-hybridized carbons (Fsp3) is 0.409. The van der Waals surface area contributed by atoms with E-state index in [2.05, 4.69) is 11.4 Å². The van der Waals surface area contributed by atoms with Gasteiger partial charge in [-0.25, -0.2) is 8.42 Å². The van der Waals surface area contributed by atoms with Gasteiger partial charge in [-0.3, -0.25) is 9.10 Å². The van der Waals surface area contributed by atoms with Crippen LogP contribution in [0.25, 0.3) is 0 Å². The second kappa shape index (κ2) is 8.95. The fourth-order valence-corrected chi connectivity index (χ4v) is 4.57. The van der Waals surface area contributed by atoms with Crippen LogP contribution in [0.4, 0.5) is 5.69 Å². The topological polar surface area (TPSA) is 84.9 Å². The third kappa shape index (κ3) is 5.24.